The minimum Gasteiger partial charge on any atom is -0.343 e. The second kappa shape index (κ2) is 5.48. The van der Waals surface area contributed by atoms with E-state index in [9.17, 15) is 13.2 Å². The lowest BCUT2D eigenvalue weighted by atomic mass is 9.93. The first-order valence-electron chi connectivity index (χ1n) is 8.62. The van der Waals surface area contributed by atoms with Gasteiger partial charge in [-0.25, -0.2) is 8.42 Å². The summed E-state index contributed by atoms with van der Waals surface area (Å²) in [5.41, 5.74) is 0. The van der Waals surface area contributed by atoms with Crippen molar-refractivity contribution in [2.45, 2.75) is 56.9 Å². The van der Waals surface area contributed by atoms with Crippen LogP contribution in [-0.4, -0.2) is 53.2 Å². The predicted molar refractivity (Wildman–Crippen MR) is 92.2 cm³/mol. The van der Waals surface area contributed by atoms with E-state index >= 15 is 0 Å². The number of aliphatic imine (C=N–C) groups is 1. The zero-order chi connectivity index (χ0) is 16.4. The molecule has 1 amide bonds. The Morgan fingerprint density at radius 3 is 2.61 bits per heavy atom. The maximum absolute atomic E-state index is 12.1. The van der Waals surface area contributed by atoms with Crippen molar-refractivity contribution in [2.24, 2.45) is 22.7 Å². The third kappa shape index (κ3) is 2.73. The average Bonchev–Trinajstić information content (AvgIpc) is 3.17. The van der Waals surface area contributed by atoms with E-state index in [0.717, 1.165) is 17.5 Å². The van der Waals surface area contributed by atoms with E-state index in [0.29, 0.717) is 12.0 Å². The predicted octanol–water partition coefficient (Wildman–Crippen LogP) is 1.93. The van der Waals surface area contributed by atoms with Crippen LogP contribution >= 0.6 is 11.8 Å². The smallest absolute Gasteiger partial charge is 0.250 e. The average molecular weight is 357 g/mol. The summed E-state index contributed by atoms with van der Waals surface area (Å²) in [6.45, 7) is 3.72. The normalized spacial score (nSPS) is 42.8. The van der Waals surface area contributed by atoms with Crippen molar-refractivity contribution in [3.05, 3.63) is 0 Å². The highest BCUT2D eigenvalue weighted by molar-refractivity contribution is 8.15. The van der Waals surface area contributed by atoms with E-state index < -0.39 is 9.84 Å². The van der Waals surface area contributed by atoms with Crippen LogP contribution in [0.2, 0.25) is 0 Å². The van der Waals surface area contributed by atoms with Crippen molar-refractivity contribution in [1.82, 2.24) is 4.90 Å². The summed E-state index contributed by atoms with van der Waals surface area (Å²) < 4.78 is 24.1. The van der Waals surface area contributed by atoms with Gasteiger partial charge in [0, 0.05) is 17.2 Å². The molecule has 2 saturated carbocycles. The number of nitrogens with zero attached hydrogens (tertiary/aromatic N) is 2. The van der Waals surface area contributed by atoms with Crippen molar-refractivity contribution in [3.63, 3.8) is 0 Å². The number of amides is 1. The number of amidine groups is 1. The monoisotopic (exact) mass is 356 g/mol. The minimum absolute atomic E-state index is 0.0214. The molecule has 0 unspecified atom stereocenters. The van der Waals surface area contributed by atoms with Crippen molar-refractivity contribution >= 4 is 32.7 Å². The number of hydrogen-bond donors (Lipinski definition) is 0. The van der Waals surface area contributed by atoms with Gasteiger partial charge in [0.25, 0.3) is 5.91 Å². The Bertz CT molecular complexity index is 658. The molecule has 0 aromatic heterocycles. The second-order valence-electron chi connectivity index (χ2n) is 7.84. The molecule has 2 heterocycles. The van der Waals surface area contributed by atoms with E-state index in [-0.39, 0.29) is 34.6 Å². The highest BCUT2D eigenvalue weighted by Crippen LogP contribution is 2.51. The number of carbonyl (C=O) groups excluding carboxylic acids is 1. The van der Waals surface area contributed by atoms with Gasteiger partial charge in [0.1, 0.15) is 0 Å². The van der Waals surface area contributed by atoms with Gasteiger partial charge < -0.3 is 4.90 Å². The van der Waals surface area contributed by atoms with Gasteiger partial charge in [-0.05, 0) is 31.1 Å². The van der Waals surface area contributed by atoms with Gasteiger partial charge in [-0.3, -0.25) is 4.79 Å². The number of carbonyl (C=O) groups is 1. The molecule has 2 bridgehead atoms. The van der Waals surface area contributed by atoms with Crippen LogP contribution in [0.3, 0.4) is 0 Å². The van der Waals surface area contributed by atoms with Crippen molar-refractivity contribution in [1.29, 1.82) is 0 Å². The molecule has 2 aliphatic carbocycles. The standard InChI is InChI=1S/C16H24N2O3S2/c1-9(2)15(19)17-16-18(12-6-10-3-4-11(12)5-10)13-7-23(20,21)8-14(13)22-16/h9-14H,3-8H2,1-2H3/t10-,11-,12-,13-,14-/m1/s1. The van der Waals surface area contributed by atoms with Crippen LogP contribution in [0.4, 0.5) is 0 Å². The molecule has 5 atom stereocenters. The van der Waals surface area contributed by atoms with Gasteiger partial charge >= 0.3 is 0 Å². The third-order valence-electron chi connectivity index (χ3n) is 5.86. The lowest BCUT2D eigenvalue weighted by molar-refractivity contribution is -0.120. The lowest BCUT2D eigenvalue weighted by Crippen LogP contribution is -2.47. The van der Waals surface area contributed by atoms with E-state index in [4.69, 9.17) is 0 Å². The van der Waals surface area contributed by atoms with Gasteiger partial charge in [-0.2, -0.15) is 4.99 Å². The highest BCUT2D eigenvalue weighted by atomic mass is 32.2. The maximum atomic E-state index is 12.1. The SMILES string of the molecule is CC(C)C(=O)N=C1S[C@@H]2CS(=O)(=O)C[C@H]2N1[C@@H]1C[C@@H]2CC[C@@H]1C2. The van der Waals surface area contributed by atoms with Crippen molar-refractivity contribution in [2.75, 3.05) is 11.5 Å². The molecule has 0 aromatic carbocycles. The largest absolute Gasteiger partial charge is 0.343 e. The number of sulfone groups is 1. The Kier molecular flexibility index (Phi) is 3.80. The van der Waals surface area contributed by atoms with Crippen LogP contribution in [0, 0.1) is 17.8 Å². The molecule has 0 aromatic rings. The second-order valence-corrected chi connectivity index (χ2v) is 11.2. The summed E-state index contributed by atoms with van der Waals surface area (Å²) in [6.07, 6.45) is 4.96. The lowest BCUT2D eigenvalue weighted by Gasteiger charge is -2.36. The summed E-state index contributed by atoms with van der Waals surface area (Å²) in [4.78, 5) is 18.8. The molecule has 0 N–H and O–H groups in total. The summed E-state index contributed by atoms with van der Waals surface area (Å²) in [5, 5.41) is 0.851. The number of rotatable bonds is 2. The molecule has 0 radical (unpaired) electrons. The Labute approximate surface area is 142 Å². The number of thioether (sulfide) groups is 1. The topological polar surface area (TPSA) is 66.8 Å². The van der Waals surface area contributed by atoms with E-state index in [1.54, 1.807) is 0 Å². The van der Waals surface area contributed by atoms with Gasteiger partial charge in [-0.15, -0.1) is 0 Å². The van der Waals surface area contributed by atoms with Crippen LogP contribution in [-0.2, 0) is 14.6 Å². The van der Waals surface area contributed by atoms with Crippen molar-refractivity contribution in [3.8, 4) is 0 Å². The quantitative estimate of drug-likeness (QED) is 0.756. The van der Waals surface area contributed by atoms with Crippen LogP contribution in [0.25, 0.3) is 0 Å². The fourth-order valence-corrected chi connectivity index (χ4v) is 8.73. The highest BCUT2D eigenvalue weighted by Gasteiger charge is 2.54. The van der Waals surface area contributed by atoms with Gasteiger partial charge in [-0.1, -0.05) is 32.0 Å². The molecule has 4 fully saturated rings. The van der Waals surface area contributed by atoms with Gasteiger partial charge in [0.05, 0.1) is 17.5 Å². The van der Waals surface area contributed by atoms with E-state index in [1.165, 1.54) is 31.0 Å². The molecule has 2 aliphatic heterocycles. The molecule has 0 spiro atoms. The fourth-order valence-electron chi connectivity index (χ4n) is 4.75. The third-order valence-corrected chi connectivity index (χ3v) is 9.09. The van der Waals surface area contributed by atoms with Crippen molar-refractivity contribution < 1.29 is 13.2 Å². The molecular formula is C16H24N2O3S2. The molecule has 128 valence electrons. The summed E-state index contributed by atoms with van der Waals surface area (Å²) in [7, 11) is -2.95. The first kappa shape index (κ1) is 15.9. The molecular weight excluding hydrogens is 332 g/mol. The van der Waals surface area contributed by atoms with Crippen LogP contribution in [0.15, 0.2) is 4.99 Å². The Morgan fingerprint density at radius 1 is 1.22 bits per heavy atom. The van der Waals surface area contributed by atoms with Gasteiger partial charge in [0.2, 0.25) is 0 Å². The van der Waals surface area contributed by atoms with Crippen LogP contribution in [0.5, 0.6) is 0 Å². The van der Waals surface area contributed by atoms with Crippen LogP contribution in [0.1, 0.15) is 39.5 Å². The molecule has 23 heavy (non-hydrogen) atoms. The molecule has 4 aliphatic rings. The Balaban J connectivity index is 1.66. The molecule has 7 heteroatoms. The maximum Gasteiger partial charge on any atom is 0.250 e. The Hall–Kier alpha value is -0.560. The first-order valence-corrected chi connectivity index (χ1v) is 11.3. The van der Waals surface area contributed by atoms with E-state index in [1.807, 2.05) is 13.8 Å². The number of fused-ring (bicyclic) bond motifs is 3. The summed E-state index contributed by atoms with van der Waals surface area (Å²) in [5.74, 6) is 1.69. The number of hydrogen-bond acceptors (Lipinski definition) is 4. The summed E-state index contributed by atoms with van der Waals surface area (Å²) in [6, 6.07) is 0.413. The zero-order valence-corrected chi connectivity index (χ0v) is 15.3. The molecule has 5 nitrogen and oxygen atoms in total. The Morgan fingerprint density at radius 2 is 2.00 bits per heavy atom. The zero-order valence-electron chi connectivity index (χ0n) is 13.6. The molecule has 4 rings (SSSR count). The van der Waals surface area contributed by atoms with Crippen LogP contribution < -0.4 is 0 Å². The minimum atomic E-state index is -2.95. The first-order chi connectivity index (χ1) is 10.8. The fraction of sp³-hybridized carbons (Fsp3) is 0.875. The van der Waals surface area contributed by atoms with E-state index in [2.05, 4.69) is 9.89 Å². The molecule has 2 saturated heterocycles. The van der Waals surface area contributed by atoms with Gasteiger partial charge in [0.15, 0.2) is 15.0 Å². The summed E-state index contributed by atoms with van der Waals surface area (Å²) >= 11 is 1.53.